The first-order chi connectivity index (χ1) is 12.7. The van der Waals surface area contributed by atoms with Crippen molar-refractivity contribution in [2.75, 3.05) is 33.9 Å². The number of hydrogen-bond acceptors (Lipinski definition) is 3. The molecule has 4 heteroatoms. The van der Waals surface area contributed by atoms with E-state index in [1.54, 1.807) is 14.2 Å². The molecule has 0 aliphatic carbocycles. The van der Waals surface area contributed by atoms with Gasteiger partial charge in [-0.3, -0.25) is 0 Å². The summed E-state index contributed by atoms with van der Waals surface area (Å²) in [6.07, 6.45) is 4.78. The molecule has 0 bridgehead atoms. The molecule has 0 atom stereocenters. The van der Waals surface area contributed by atoms with Gasteiger partial charge in [-0.05, 0) is 86.1 Å². The van der Waals surface area contributed by atoms with E-state index in [0.29, 0.717) is 0 Å². The van der Waals surface area contributed by atoms with Gasteiger partial charge >= 0.3 is 0 Å². The van der Waals surface area contributed by atoms with Crippen LogP contribution in [0.25, 0.3) is 0 Å². The first kappa shape index (κ1) is 19.2. The van der Waals surface area contributed by atoms with Crippen molar-refractivity contribution in [3.05, 3.63) is 58.1 Å². The molecule has 0 unspecified atom stereocenters. The number of halogens is 1. The molecule has 0 radical (unpaired) electrons. The highest BCUT2D eigenvalue weighted by Gasteiger charge is 2.20. The molecule has 0 saturated carbocycles. The molecule has 1 saturated heterocycles. The monoisotopic (exact) mass is 417 g/mol. The molecule has 1 aliphatic rings. The summed E-state index contributed by atoms with van der Waals surface area (Å²) in [7, 11) is 3.44. The summed E-state index contributed by atoms with van der Waals surface area (Å²) >= 11 is 3.68. The summed E-state index contributed by atoms with van der Waals surface area (Å²) in [5.74, 6) is 2.63. The molecule has 2 aromatic rings. The predicted molar refractivity (Wildman–Crippen MR) is 110 cm³/mol. The number of hydrogen-bond donors (Lipinski definition) is 0. The molecule has 0 spiro atoms. The topological polar surface area (TPSA) is 21.7 Å². The van der Waals surface area contributed by atoms with E-state index in [2.05, 4.69) is 45.1 Å². The Bertz CT molecular complexity index is 694. The van der Waals surface area contributed by atoms with E-state index in [1.807, 2.05) is 18.2 Å². The first-order valence-corrected chi connectivity index (χ1v) is 10.1. The van der Waals surface area contributed by atoms with Gasteiger partial charge in [-0.2, -0.15) is 0 Å². The van der Waals surface area contributed by atoms with Crippen molar-refractivity contribution in [1.82, 2.24) is 4.90 Å². The number of ether oxygens (including phenoxy) is 2. The molecular weight excluding hydrogens is 390 g/mol. The average Bonchev–Trinajstić information content (AvgIpc) is 2.69. The number of benzene rings is 2. The minimum Gasteiger partial charge on any atom is -0.497 e. The molecule has 0 N–H and O–H groups in total. The Labute approximate surface area is 165 Å². The van der Waals surface area contributed by atoms with Gasteiger partial charge in [-0.15, -0.1) is 0 Å². The summed E-state index contributed by atoms with van der Waals surface area (Å²) in [5.41, 5.74) is 2.74. The number of piperidine rings is 1. The van der Waals surface area contributed by atoms with E-state index in [4.69, 9.17) is 9.47 Å². The van der Waals surface area contributed by atoms with E-state index in [9.17, 15) is 0 Å². The predicted octanol–water partition coefficient (Wildman–Crippen LogP) is 4.96. The van der Waals surface area contributed by atoms with Gasteiger partial charge < -0.3 is 14.4 Å². The van der Waals surface area contributed by atoms with Crippen LogP contribution in [0.5, 0.6) is 11.5 Å². The average molecular weight is 418 g/mol. The zero-order valence-corrected chi connectivity index (χ0v) is 17.3. The van der Waals surface area contributed by atoms with E-state index in [-0.39, 0.29) is 0 Å². The molecule has 1 heterocycles. The van der Waals surface area contributed by atoms with Gasteiger partial charge in [0, 0.05) is 11.0 Å². The van der Waals surface area contributed by atoms with Crippen LogP contribution in [-0.2, 0) is 12.8 Å². The minimum atomic E-state index is 0.760. The van der Waals surface area contributed by atoms with Crippen molar-refractivity contribution in [1.29, 1.82) is 0 Å². The molecule has 1 fully saturated rings. The van der Waals surface area contributed by atoms with Gasteiger partial charge in [0.2, 0.25) is 0 Å². The van der Waals surface area contributed by atoms with Crippen LogP contribution in [0.2, 0.25) is 0 Å². The number of nitrogens with zero attached hydrogens (tertiary/aromatic N) is 1. The third kappa shape index (κ3) is 5.24. The lowest BCUT2D eigenvalue weighted by Gasteiger charge is -2.32. The van der Waals surface area contributed by atoms with Crippen LogP contribution in [0.1, 0.15) is 24.0 Å². The normalized spacial score (nSPS) is 15.8. The summed E-state index contributed by atoms with van der Waals surface area (Å²) in [5, 5.41) is 0. The highest BCUT2D eigenvalue weighted by atomic mass is 79.9. The lowest BCUT2D eigenvalue weighted by molar-refractivity contribution is 0.185. The fourth-order valence-electron chi connectivity index (χ4n) is 3.64. The summed E-state index contributed by atoms with van der Waals surface area (Å²) in [4.78, 5) is 2.60. The second kappa shape index (κ2) is 9.43. The molecular formula is C22H28BrNO2. The van der Waals surface area contributed by atoms with Crippen LogP contribution in [0.15, 0.2) is 46.9 Å². The zero-order valence-electron chi connectivity index (χ0n) is 15.7. The fourth-order valence-corrected chi connectivity index (χ4v) is 4.05. The molecule has 3 nitrogen and oxygen atoms in total. The molecule has 1 aliphatic heterocycles. The Morgan fingerprint density at radius 2 is 1.62 bits per heavy atom. The van der Waals surface area contributed by atoms with E-state index < -0.39 is 0 Å². The Kier molecular flexibility index (Phi) is 6.98. The van der Waals surface area contributed by atoms with Gasteiger partial charge in [0.1, 0.15) is 11.5 Å². The summed E-state index contributed by atoms with van der Waals surface area (Å²) < 4.78 is 11.8. The van der Waals surface area contributed by atoms with Crippen LogP contribution in [0.3, 0.4) is 0 Å². The van der Waals surface area contributed by atoms with Gasteiger partial charge in [-0.25, -0.2) is 0 Å². The number of rotatable bonds is 7. The van der Waals surface area contributed by atoms with E-state index in [1.165, 1.54) is 41.5 Å². The molecule has 3 rings (SSSR count). The van der Waals surface area contributed by atoms with Crippen molar-refractivity contribution < 1.29 is 9.47 Å². The Balaban J connectivity index is 1.45. The Morgan fingerprint density at radius 3 is 2.27 bits per heavy atom. The highest BCUT2D eigenvalue weighted by Crippen LogP contribution is 2.28. The van der Waals surface area contributed by atoms with Crippen LogP contribution < -0.4 is 9.47 Å². The summed E-state index contributed by atoms with van der Waals surface area (Å²) in [6, 6.07) is 14.7. The number of methoxy groups -OCH3 is 2. The van der Waals surface area contributed by atoms with E-state index >= 15 is 0 Å². The quantitative estimate of drug-likeness (QED) is 0.634. The lowest BCUT2D eigenvalue weighted by Crippen LogP contribution is -2.35. The third-order valence-electron chi connectivity index (χ3n) is 5.34. The van der Waals surface area contributed by atoms with Crippen LogP contribution in [0, 0.1) is 5.92 Å². The lowest BCUT2D eigenvalue weighted by atomic mass is 9.90. The number of likely N-dealkylation sites (tertiary alicyclic amines) is 1. The highest BCUT2D eigenvalue weighted by molar-refractivity contribution is 9.10. The van der Waals surface area contributed by atoms with Crippen molar-refractivity contribution in [3.8, 4) is 11.5 Å². The van der Waals surface area contributed by atoms with Gasteiger partial charge in [0.05, 0.1) is 14.2 Å². The second-order valence-corrected chi connectivity index (χ2v) is 7.90. The van der Waals surface area contributed by atoms with Gasteiger partial charge in [-0.1, -0.05) is 28.1 Å². The molecule has 140 valence electrons. The van der Waals surface area contributed by atoms with Crippen molar-refractivity contribution in [2.45, 2.75) is 25.7 Å². The minimum absolute atomic E-state index is 0.760. The maximum Gasteiger partial charge on any atom is 0.119 e. The van der Waals surface area contributed by atoms with Crippen LogP contribution in [0.4, 0.5) is 0 Å². The van der Waals surface area contributed by atoms with Crippen molar-refractivity contribution >= 4 is 15.9 Å². The fraction of sp³-hybridized carbons (Fsp3) is 0.455. The van der Waals surface area contributed by atoms with E-state index in [0.717, 1.165) is 36.8 Å². The second-order valence-electron chi connectivity index (χ2n) is 7.04. The molecule has 26 heavy (non-hydrogen) atoms. The zero-order chi connectivity index (χ0) is 18.4. The Morgan fingerprint density at radius 1 is 0.962 bits per heavy atom. The standard InChI is InChI=1S/C22H28BrNO2/c1-25-20-5-3-17(4-6-20)9-12-24-13-10-18(11-14-24)15-19-16-21(26-2)7-8-22(19)23/h3-8,16,18H,9-15H2,1-2H3. The smallest absolute Gasteiger partial charge is 0.119 e. The first-order valence-electron chi connectivity index (χ1n) is 9.35. The third-order valence-corrected chi connectivity index (χ3v) is 6.12. The van der Waals surface area contributed by atoms with Gasteiger partial charge in [0.15, 0.2) is 0 Å². The van der Waals surface area contributed by atoms with Gasteiger partial charge in [0.25, 0.3) is 0 Å². The molecule has 2 aromatic carbocycles. The maximum atomic E-state index is 5.37. The van der Waals surface area contributed by atoms with Crippen LogP contribution >= 0.6 is 15.9 Å². The maximum absolute atomic E-state index is 5.37. The largest absolute Gasteiger partial charge is 0.497 e. The Hall–Kier alpha value is -1.52. The molecule has 0 aromatic heterocycles. The SMILES string of the molecule is COc1ccc(CCN2CCC(Cc3cc(OC)ccc3Br)CC2)cc1. The van der Waals surface area contributed by atoms with Crippen LogP contribution in [-0.4, -0.2) is 38.8 Å². The van der Waals surface area contributed by atoms with Crippen molar-refractivity contribution in [2.24, 2.45) is 5.92 Å². The molecule has 0 amide bonds. The van der Waals surface area contributed by atoms with Crippen molar-refractivity contribution in [3.63, 3.8) is 0 Å². The summed E-state index contributed by atoms with van der Waals surface area (Å²) in [6.45, 7) is 3.53.